The Morgan fingerprint density at radius 3 is 2.47 bits per heavy atom. The molecule has 15 heavy (non-hydrogen) atoms. The molecule has 0 spiro atoms. The summed E-state index contributed by atoms with van der Waals surface area (Å²) in [6.45, 7) is 5.71. The summed E-state index contributed by atoms with van der Waals surface area (Å²) in [6, 6.07) is 0.0481. The van der Waals surface area contributed by atoms with Crippen molar-refractivity contribution in [2.45, 2.75) is 39.2 Å². The molecule has 0 bridgehead atoms. The van der Waals surface area contributed by atoms with Gasteiger partial charge in [-0.05, 0) is 32.1 Å². The maximum absolute atomic E-state index is 11.8. The van der Waals surface area contributed by atoms with Crippen molar-refractivity contribution in [3.05, 3.63) is 0 Å². The van der Waals surface area contributed by atoms with Crippen molar-refractivity contribution in [3.8, 4) is 0 Å². The van der Waals surface area contributed by atoms with Crippen LogP contribution in [0.25, 0.3) is 0 Å². The minimum Gasteiger partial charge on any atom is -0.396 e. The Bertz CT molecular complexity index is 203. The summed E-state index contributed by atoms with van der Waals surface area (Å²) in [4.78, 5) is 13.6. The van der Waals surface area contributed by atoms with E-state index in [0.29, 0.717) is 0 Å². The lowest BCUT2D eigenvalue weighted by Crippen LogP contribution is -2.48. The van der Waals surface area contributed by atoms with E-state index in [0.717, 1.165) is 25.9 Å². The topological polar surface area (TPSA) is 52.6 Å². The van der Waals surface area contributed by atoms with Crippen LogP contribution >= 0.6 is 0 Å². The SMILES string of the molecule is CC(CO)C(C)NC(=O)N1CCCCC1. The smallest absolute Gasteiger partial charge is 0.317 e. The molecule has 0 aromatic heterocycles. The molecule has 2 atom stereocenters. The van der Waals surface area contributed by atoms with Gasteiger partial charge >= 0.3 is 6.03 Å². The Kier molecular flexibility index (Phi) is 4.88. The second-order valence-corrected chi connectivity index (χ2v) is 4.45. The number of nitrogens with zero attached hydrogens (tertiary/aromatic N) is 1. The summed E-state index contributed by atoms with van der Waals surface area (Å²) in [5.74, 6) is 0.110. The van der Waals surface area contributed by atoms with E-state index < -0.39 is 0 Å². The van der Waals surface area contributed by atoms with Crippen LogP contribution in [0.1, 0.15) is 33.1 Å². The third-order valence-electron chi connectivity index (χ3n) is 3.14. The lowest BCUT2D eigenvalue weighted by molar-refractivity contribution is 0.169. The molecule has 4 heteroatoms. The molecule has 1 rings (SSSR count). The zero-order chi connectivity index (χ0) is 11.3. The van der Waals surface area contributed by atoms with Gasteiger partial charge in [-0.25, -0.2) is 4.79 Å². The van der Waals surface area contributed by atoms with E-state index in [1.165, 1.54) is 6.42 Å². The molecule has 2 unspecified atom stereocenters. The summed E-state index contributed by atoms with van der Waals surface area (Å²) in [5, 5.41) is 11.9. The van der Waals surface area contributed by atoms with Crippen LogP contribution in [-0.4, -0.2) is 41.8 Å². The van der Waals surface area contributed by atoms with E-state index in [-0.39, 0.29) is 24.6 Å². The number of rotatable bonds is 3. The van der Waals surface area contributed by atoms with Crippen molar-refractivity contribution in [1.82, 2.24) is 10.2 Å². The van der Waals surface area contributed by atoms with Crippen LogP contribution in [0.15, 0.2) is 0 Å². The monoisotopic (exact) mass is 214 g/mol. The minimum atomic E-state index is 0.0162. The first kappa shape index (κ1) is 12.3. The standard InChI is InChI=1S/C11H22N2O2/c1-9(8-14)10(2)12-11(15)13-6-4-3-5-7-13/h9-10,14H,3-8H2,1-2H3,(H,12,15). The molecule has 0 aromatic carbocycles. The molecule has 1 fully saturated rings. The number of aliphatic hydroxyl groups excluding tert-OH is 1. The Balaban J connectivity index is 2.33. The molecule has 1 saturated heterocycles. The van der Waals surface area contributed by atoms with Crippen LogP contribution in [0.4, 0.5) is 4.79 Å². The van der Waals surface area contributed by atoms with Crippen LogP contribution in [0.5, 0.6) is 0 Å². The second kappa shape index (κ2) is 5.95. The zero-order valence-corrected chi connectivity index (χ0v) is 9.70. The van der Waals surface area contributed by atoms with Gasteiger partial charge in [0.15, 0.2) is 0 Å². The zero-order valence-electron chi connectivity index (χ0n) is 9.70. The Labute approximate surface area is 91.6 Å². The fraction of sp³-hybridized carbons (Fsp3) is 0.909. The van der Waals surface area contributed by atoms with Gasteiger partial charge in [-0.3, -0.25) is 0 Å². The van der Waals surface area contributed by atoms with Gasteiger partial charge < -0.3 is 15.3 Å². The van der Waals surface area contributed by atoms with Crippen LogP contribution in [0, 0.1) is 5.92 Å². The lowest BCUT2D eigenvalue weighted by Gasteiger charge is -2.29. The van der Waals surface area contributed by atoms with Crippen molar-refractivity contribution in [1.29, 1.82) is 0 Å². The van der Waals surface area contributed by atoms with Gasteiger partial charge in [-0.15, -0.1) is 0 Å². The van der Waals surface area contributed by atoms with Crippen LogP contribution < -0.4 is 5.32 Å². The molecule has 0 aliphatic carbocycles. The first-order chi connectivity index (χ1) is 7.15. The Morgan fingerprint density at radius 2 is 1.93 bits per heavy atom. The normalized spacial score (nSPS) is 20.9. The molecule has 4 nitrogen and oxygen atoms in total. The molecule has 1 aliphatic rings. The third kappa shape index (κ3) is 3.70. The molecule has 2 N–H and O–H groups in total. The molecule has 88 valence electrons. The highest BCUT2D eigenvalue weighted by Gasteiger charge is 2.19. The van der Waals surface area contributed by atoms with E-state index in [1.54, 1.807) is 0 Å². The molecule has 0 aromatic rings. The molecule has 1 aliphatic heterocycles. The maximum atomic E-state index is 11.8. The fourth-order valence-electron chi connectivity index (χ4n) is 1.68. The van der Waals surface area contributed by atoms with E-state index in [4.69, 9.17) is 5.11 Å². The summed E-state index contributed by atoms with van der Waals surface area (Å²) >= 11 is 0. The third-order valence-corrected chi connectivity index (χ3v) is 3.14. The van der Waals surface area contributed by atoms with Crippen molar-refractivity contribution in [3.63, 3.8) is 0 Å². The van der Waals surface area contributed by atoms with Crippen molar-refractivity contribution in [2.24, 2.45) is 5.92 Å². The summed E-state index contributed by atoms with van der Waals surface area (Å²) in [7, 11) is 0. The second-order valence-electron chi connectivity index (χ2n) is 4.45. The van der Waals surface area contributed by atoms with Gasteiger partial charge in [0.1, 0.15) is 0 Å². The van der Waals surface area contributed by atoms with Gasteiger partial charge in [0.25, 0.3) is 0 Å². The molecule has 0 saturated carbocycles. The quantitative estimate of drug-likeness (QED) is 0.741. The minimum absolute atomic E-state index is 0.0162. The van der Waals surface area contributed by atoms with E-state index in [9.17, 15) is 4.79 Å². The Hall–Kier alpha value is -0.770. The summed E-state index contributed by atoms with van der Waals surface area (Å²) < 4.78 is 0. The fourth-order valence-corrected chi connectivity index (χ4v) is 1.68. The number of amides is 2. The van der Waals surface area contributed by atoms with Crippen LogP contribution in [0.3, 0.4) is 0 Å². The summed E-state index contributed by atoms with van der Waals surface area (Å²) in [5.41, 5.74) is 0. The van der Waals surface area contributed by atoms with E-state index in [2.05, 4.69) is 5.32 Å². The van der Waals surface area contributed by atoms with Crippen molar-refractivity contribution in [2.75, 3.05) is 19.7 Å². The number of urea groups is 1. The van der Waals surface area contributed by atoms with Gasteiger partial charge in [-0.1, -0.05) is 6.92 Å². The number of likely N-dealkylation sites (tertiary alicyclic amines) is 1. The highest BCUT2D eigenvalue weighted by atomic mass is 16.3. The van der Waals surface area contributed by atoms with Gasteiger partial charge in [0.05, 0.1) is 0 Å². The predicted octanol–water partition coefficient (Wildman–Crippen LogP) is 1.20. The number of hydrogen-bond donors (Lipinski definition) is 2. The number of carbonyl (C=O) groups excluding carboxylic acids is 1. The number of aliphatic hydroxyl groups is 1. The predicted molar refractivity (Wildman–Crippen MR) is 59.7 cm³/mol. The van der Waals surface area contributed by atoms with Crippen molar-refractivity contribution < 1.29 is 9.90 Å². The van der Waals surface area contributed by atoms with Crippen LogP contribution in [-0.2, 0) is 0 Å². The highest BCUT2D eigenvalue weighted by Crippen LogP contribution is 2.09. The molecular weight excluding hydrogens is 192 g/mol. The van der Waals surface area contributed by atoms with Gasteiger partial charge in [0.2, 0.25) is 0 Å². The maximum Gasteiger partial charge on any atom is 0.317 e. The van der Waals surface area contributed by atoms with E-state index >= 15 is 0 Å². The Morgan fingerprint density at radius 1 is 1.33 bits per heavy atom. The molecule has 2 amide bonds. The molecule has 0 radical (unpaired) electrons. The van der Waals surface area contributed by atoms with Gasteiger partial charge in [0, 0.05) is 25.7 Å². The largest absolute Gasteiger partial charge is 0.396 e. The number of hydrogen-bond acceptors (Lipinski definition) is 2. The average molecular weight is 214 g/mol. The van der Waals surface area contributed by atoms with Gasteiger partial charge in [-0.2, -0.15) is 0 Å². The lowest BCUT2D eigenvalue weighted by atomic mass is 10.1. The number of carbonyl (C=O) groups is 1. The number of nitrogens with one attached hydrogen (secondary N) is 1. The average Bonchev–Trinajstić information content (AvgIpc) is 2.29. The molecule has 1 heterocycles. The first-order valence-electron chi connectivity index (χ1n) is 5.81. The van der Waals surface area contributed by atoms with Crippen molar-refractivity contribution >= 4 is 6.03 Å². The summed E-state index contributed by atoms with van der Waals surface area (Å²) in [6.07, 6.45) is 3.45. The first-order valence-corrected chi connectivity index (χ1v) is 5.81. The number of piperidine rings is 1. The molecular formula is C11H22N2O2. The van der Waals surface area contributed by atoms with Crippen LogP contribution in [0.2, 0.25) is 0 Å². The van der Waals surface area contributed by atoms with E-state index in [1.807, 2.05) is 18.7 Å². The highest BCUT2D eigenvalue weighted by molar-refractivity contribution is 5.74.